The largest absolute Gasteiger partial charge is 0.478 e. The second-order valence-electron chi connectivity index (χ2n) is 12.9. The van der Waals surface area contributed by atoms with Gasteiger partial charge in [0, 0.05) is 47.8 Å². The molecule has 6 amide bonds. The summed E-state index contributed by atoms with van der Waals surface area (Å²) < 4.78 is 39.4. The highest BCUT2D eigenvalue weighted by Gasteiger charge is 2.45. The van der Waals surface area contributed by atoms with Crippen molar-refractivity contribution in [1.29, 1.82) is 0 Å². The van der Waals surface area contributed by atoms with Crippen molar-refractivity contribution in [3.8, 4) is 17.7 Å². The smallest absolute Gasteiger partial charge is 0.324 e. The van der Waals surface area contributed by atoms with Crippen LogP contribution in [-0.2, 0) is 33.9 Å². The maximum absolute atomic E-state index is 13.3. The number of primary amides is 1. The highest BCUT2D eigenvalue weighted by Crippen LogP contribution is 2.32. The van der Waals surface area contributed by atoms with Crippen molar-refractivity contribution < 1.29 is 51.6 Å². The molecule has 0 bridgehead atoms. The fraction of sp³-hybridized carbons (Fsp3) is 0.211. The van der Waals surface area contributed by atoms with Gasteiger partial charge in [-0.3, -0.25) is 53.8 Å². The zero-order valence-electron chi connectivity index (χ0n) is 31.7. The van der Waals surface area contributed by atoms with E-state index in [9.17, 15) is 47.3 Å². The fourth-order valence-electron chi connectivity index (χ4n) is 5.95. The second-order valence-corrected chi connectivity index (χ2v) is 15.6. The molecule has 0 aliphatic carbocycles. The SMILES string of the molecule is COc1nc(C#CCC(OCCNc2cccc3c2C(=O)N(C2CCC(=O)NC2=O)C3=O)C(N)=O)cnc1NS(=O)(=O)c1ccc(NC(=O)/C=C/c2ccc([N+](=O)[O-])s2)cc1. The number of methoxy groups -OCH3 is 1. The summed E-state index contributed by atoms with van der Waals surface area (Å²) in [6, 6.07) is 11.5. The Labute approximate surface area is 349 Å². The first-order chi connectivity index (χ1) is 29.1. The molecule has 314 valence electrons. The molecule has 4 aromatic rings. The number of ether oxygens (including phenoxy) is 2. The first-order valence-corrected chi connectivity index (χ1v) is 20.2. The number of fused-ring (bicyclic) bond motifs is 1. The molecule has 21 nitrogen and oxygen atoms in total. The van der Waals surface area contributed by atoms with Crippen LogP contribution in [-0.4, -0.2) is 96.1 Å². The van der Waals surface area contributed by atoms with Crippen LogP contribution in [0.2, 0.25) is 0 Å². The van der Waals surface area contributed by atoms with Gasteiger partial charge in [-0.1, -0.05) is 23.3 Å². The van der Waals surface area contributed by atoms with Crippen molar-refractivity contribution in [1.82, 2.24) is 20.2 Å². The van der Waals surface area contributed by atoms with Crippen molar-refractivity contribution >= 4 is 85.1 Å². The van der Waals surface area contributed by atoms with Crippen LogP contribution in [0.25, 0.3) is 6.08 Å². The number of rotatable bonds is 16. The first-order valence-electron chi connectivity index (χ1n) is 17.9. The van der Waals surface area contributed by atoms with Crippen LogP contribution in [0.5, 0.6) is 5.88 Å². The number of amides is 6. The molecule has 6 rings (SSSR count). The van der Waals surface area contributed by atoms with Crippen LogP contribution in [0.15, 0.2) is 71.8 Å². The lowest BCUT2D eigenvalue weighted by atomic mass is 10.0. The Morgan fingerprint density at radius 3 is 2.59 bits per heavy atom. The summed E-state index contributed by atoms with van der Waals surface area (Å²) in [5.41, 5.74) is 6.29. The summed E-state index contributed by atoms with van der Waals surface area (Å²) in [6.45, 7) is -0.0132. The van der Waals surface area contributed by atoms with Gasteiger partial charge < -0.3 is 25.8 Å². The number of thiophene rings is 1. The number of nitrogens with one attached hydrogen (secondary N) is 4. The van der Waals surface area contributed by atoms with E-state index in [0.717, 1.165) is 16.2 Å². The number of hydrogen-bond donors (Lipinski definition) is 5. The summed E-state index contributed by atoms with van der Waals surface area (Å²) in [5, 5.41) is 18.5. The average Bonchev–Trinajstić information content (AvgIpc) is 3.81. The number of carbonyl (C=O) groups excluding carboxylic acids is 6. The first kappa shape index (κ1) is 43.0. The lowest BCUT2D eigenvalue weighted by Gasteiger charge is -2.27. The van der Waals surface area contributed by atoms with E-state index in [1.807, 2.05) is 0 Å². The molecule has 61 heavy (non-hydrogen) atoms. The Morgan fingerprint density at radius 1 is 1.13 bits per heavy atom. The number of hydrogen-bond acceptors (Lipinski definition) is 16. The van der Waals surface area contributed by atoms with Crippen LogP contribution in [0.4, 0.5) is 22.2 Å². The number of aromatic nitrogens is 2. The van der Waals surface area contributed by atoms with Crippen molar-refractivity contribution in [3.63, 3.8) is 0 Å². The van der Waals surface area contributed by atoms with Crippen LogP contribution in [0.3, 0.4) is 0 Å². The lowest BCUT2D eigenvalue weighted by Crippen LogP contribution is -2.54. The topological polar surface area (TPSA) is 301 Å². The van der Waals surface area contributed by atoms with Gasteiger partial charge in [-0.2, -0.15) is 4.98 Å². The molecule has 2 aromatic carbocycles. The van der Waals surface area contributed by atoms with E-state index >= 15 is 0 Å². The minimum absolute atomic E-state index is 0.0110. The molecule has 1 saturated heterocycles. The number of imide groups is 2. The molecule has 6 N–H and O–H groups in total. The summed E-state index contributed by atoms with van der Waals surface area (Å²) in [5.74, 6) is 1.01. The zero-order valence-corrected chi connectivity index (χ0v) is 33.3. The molecule has 2 aliphatic rings. The van der Waals surface area contributed by atoms with Crippen LogP contribution in [0.1, 0.15) is 50.5 Å². The maximum Gasteiger partial charge on any atom is 0.324 e. The van der Waals surface area contributed by atoms with Gasteiger partial charge in [0.15, 0.2) is 0 Å². The minimum atomic E-state index is -4.22. The van der Waals surface area contributed by atoms with Gasteiger partial charge in [0.2, 0.25) is 29.4 Å². The number of carbonyl (C=O) groups is 6. The molecule has 4 heterocycles. The van der Waals surface area contributed by atoms with E-state index in [0.29, 0.717) is 10.6 Å². The Hall–Kier alpha value is -7.55. The van der Waals surface area contributed by atoms with Crippen molar-refractivity contribution in [2.24, 2.45) is 5.73 Å². The number of anilines is 3. The van der Waals surface area contributed by atoms with Crippen molar-refractivity contribution in [2.75, 3.05) is 35.6 Å². The Morgan fingerprint density at radius 2 is 1.90 bits per heavy atom. The molecule has 0 saturated carbocycles. The van der Waals surface area contributed by atoms with Gasteiger partial charge in [-0.05, 0) is 60.9 Å². The number of nitrogens with zero attached hydrogens (tertiary/aromatic N) is 4. The summed E-state index contributed by atoms with van der Waals surface area (Å²) >= 11 is 0.898. The maximum atomic E-state index is 13.3. The summed E-state index contributed by atoms with van der Waals surface area (Å²) in [6.07, 6.45) is 2.42. The third-order valence-electron chi connectivity index (χ3n) is 8.81. The van der Waals surface area contributed by atoms with E-state index in [1.54, 1.807) is 12.1 Å². The lowest BCUT2D eigenvalue weighted by molar-refractivity contribution is -0.380. The van der Waals surface area contributed by atoms with Crippen LogP contribution < -0.4 is 31.1 Å². The van der Waals surface area contributed by atoms with E-state index < -0.39 is 62.5 Å². The number of nitro groups is 1. The third-order valence-corrected chi connectivity index (χ3v) is 11.2. The van der Waals surface area contributed by atoms with Gasteiger partial charge in [-0.25, -0.2) is 13.4 Å². The quantitative estimate of drug-likeness (QED) is 0.0269. The molecule has 2 aromatic heterocycles. The van der Waals surface area contributed by atoms with Gasteiger partial charge in [0.05, 0.1) is 40.9 Å². The molecular weight excluding hydrogens is 839 g/mol. The van der Waals surface area contributed by atoms with Gasteiger partial charge in [0.1, 0.15) is 17.8 Å². The number of piperidine rings is 1. The zero-order chi connectivity index (χ0) is 43.8. The van der Waals surface area contributed by atoms with E-state index in [-0.39, 0.29) is 76.5 Å². The fourth-order valence-corrected chi connectivity index (χ4v) is 7.68. The van der Waals surface area contributed by atoms with E-state index in [2.05, 4.69) is 42.5 Å². The molecule has 0 spiro atoms. The van der Waals surface area contributed by atoms with Gasteiger partial charge >= 0.3 is 5.00 Å². The number of benzene rings is 2. The normalized spacial score (nSPS) is 15.4. The second kappa shape index (κ2) is 18.6. The Kier molecular flexibility index (Phi) is 13.1. The third kappa shape index (κ3) is 10.2. The molecule has 2 aliphatic heterocycles. The molecular formula is C38H33N9O12S2. The Balaban J connectivity index is 1.01. The molecule has 2 unspecified atom stereocenters. The van der Waals surface area contributed by atoms with E-state index in [1.165, 1.54) is 67.9 Å². The van der Waals surface area contributed by atoms with Crippen molar-refractivity contribution in [2.45, 2.75) is 36.3 Å². The number of nitrogens with two attached hydrogens (primary N) is 1. The minimum Gasteiger partial charge on any atom is -0.478 e. The molecule has 1 fully saturated rings. The monoisotopic (exact) mass is 871 g/mol. The Bertz CT molecular complexity index is 2660. The standard InChI is InChI=1S/C38H33N9O12S2/c1-58-36-34(45-61(56,57)24-12-8-21(9-13-24)42-29(48)15-10-23-11-17-31(60-23)47(54)55)41-20-22(43-36)4-2-7-28(33(39)50)59-19-18-40-26-6-3-5-25-32(26)38(53)46(37(25)52)27-14-16-30(49)44-35(27)51/h3,5-6,8-13,15,17,20,27-28,40H,7,14,16,18-19H2,1H3,(H2,39,50)(H,41,45)(H,42,48)(H,44,49,51)/b15-10+. The average molecular weight is 872 g/mol. The van der Waals surface area contributed by atoms with Crippen LogP contribution in [0, 0.1) is 22.0 Å². The van der Waals surface area contributed by atoms with Crippen molar-refractivity contribution in [3.05, 3.63) is 98.7 Å². The summed E-state index contributed by atoms with van der Waals surface area (Å²) in [4.78, 5) is 94.6. The molecule has 0 radical (unpaired) electrons. The molecule has 23 heteroatoms. The predicted octanol–water partition coefficient (Wildman–Crippen LogP) is 2.03. The molecule has 2 atom stereocenters. The summed E-state index contributed by atoms with van der Waals surface area (Å²) in [7, 11) is -2.98. The highest BCUT2D eigenvalue weighted by atomic mass is 32.2. The van der Waals surface area contributed by atoms with Gasteiger partial charge in [0.25, 0.3) is 27.7 Å². The predicted molar refractivity (Wildman–Crippen MR) is 217 cm³/mol. The van der Waals surface area contributed by atoms with Gasteiger partial charge in [-0.15, -0.1) is 0 Å². The number of sulfonamides is 1. The highest BCUT2D eigenvalue weighted by molar-refractivity contribution is 7.92. The van der Waals surface area contributed by atoms with E-state index in [4.69, 9.17) is 15.2 Å². The van der Waals surface area contributed by atoms with Crippen LogP contribution >= 0.6 is 11.3 Å².